The third-order valence-electron chi connectivity index (χ3n) is 4.59. The lowest BCUT2D eigenvalue weighted by atomic mass is 10.2. The highest BCUT2D eigenvalue weighted by molar-refractivity contribution is 7.17. The molecule has 4 rings (SSSR count). The van der Waals surface area contributed by atoms with E-state index < -0.39 is 0 Å². The second-order valence-electron chi connectivity index (χ2n) is 6.28. The molecule has 2 aromatic carbocycles. The first kappa shape index (κ1) is 17.3. The van der Waals surface area contributed by atoms with Crippen molar-refractivity contribution in [1.82, 2.24) is 9.13 Å². The average Bonchev–Trinajstić information content (AvgIpc) is 3.17. The van der Waals surface area contributed by atoms with E-state index in [4.69, 9.17) is 4.74 Å². The Balaban J connectivity index is 1.98. The summed E-state index contributed by atoms with van der Waals surface area (Å²) in [5.41, 5.74) is 2.45. The molecule has 0 saturated carbocycles. The van der Waals surface area contributed by atoms with Gasteiger partial charge in [-0.25, -0.2) is 9.36 Å². The van der Waals surface area contributed by atoms with Crippen molar-refractivity contribution >= 4 is 21.6 Å². The summed E-state index contributed by atoms with van der Waals surface area (Å²) in [6, 6.07) is 16.8. The lowest BCUT2D eigenvalue weighted by Gasteiger charge is -2.14. The predicted molar refractivity (Wildman–Crippen MR) is 109 cm³/mol. The normalized spacial score (nSPS) is 11.0. The Morgan fingerprint density at radius 2 is 1.85 bits per heavy atom. The molecule has 0 unspecified atom stereocenters. The van der Waals surface area contributed by atoms with Gasteiger partial charge in [-0.3, -0.25) is 9.36 Å². The summed E-state index contributed by atoms with van der Waals surface area (Å²) in [6.07, 6.45) is 0. The number of hydrogen-bond acceptors (Lipinski definition) is 4. The molecule has 27 heavy (non-hydrogen) atoms. The van der Waals surface area contributed by atoms with Gasteiger partial charge in [0.25, 0.3) is 5.56 Å². The van der Waals surface area contributed by atoms with Crippen molar-refractivity contribution in [1.29, 1.82) is 0 Å². The van der Waals surface area contributed by atoms with Crippen molar-refractivity contribution < 1.29 is 4.74 Å². The molecule has 0 amide bonds. The Labute approximate surface area is 159 Å². The highest BCUT2D eigenvalue weighted by Gasteiger charge is 2.17. The number of ether oxygens (including phenoxy) is 1. The van der Waals surface area contributed by atoms with Gasteiger partial charge in [0, 0.05) is 0 Å². The standard InChI is InChI=1S/C21H18N2O3S/c1-14-6-3-4-9-17(14)23-20(24)19-18(10-11-27-19)22(21(23)25)13-15-7-5-8-16(12-15)26-2/h3-12H,13H2,1-2H3. The quantitative estimate of drug-likeness (QED) is 0.545. The third kappa shape index (κ3) is 2.98. The summed E-state index contributed by atoms with van der Waals surface area (Å²) in [5, 5.41) is 1.84. The Morgan fingerprint density at radius 1 is 1.04 bits per heavy atom. The second-order valence-corrected chi connectivity index (χ2v) is 7.20. The number of thiophene rings is 1. The maximum absolute atomic E-state index is 13.3. The van der Waals surface area contributed by atoms with Gasteiger partial charge in [0.05, 0.1) is 24.9 Å². The van der Waals surface area contributed by atoms with Gasteiger partial charge in [-0.2, -0.15) is 0 Å². The summed E-state index contributed by atoms with van der Waals surface area (Å²) >= 11 is 1.35. The average molecular weight is 378 g/mol. The molecule has 0 aliphatic heterocycles. The molecule has 0 bridgehead atoms. The first-order valence-electron chi connectivity index (χ1n) is 8.52. The molecule has 2 heterocycles. The Hall–Kier alpha value is -3.12. The fourth-order valence-electron chi connectivity index (χ4n) is 3.22. The zero-order valence-electron chi connectivity index (χ0n) is 15.0. The van der Waals surface area contributed by atoms with E-state index >= 15 is 0 Å². The van der Waals surface area contributed by atoms with E-state index in [0.29, 0.717) is 22.4 Å². The number of para-hydroxylation sites is 1. The van der Waals surface area contributed by atoms with E-state index in [1.165, 1.54) is 15.9 Å². The molecule has 0 aliphatic carbocycles. The first-order chi connectivity index (χ1) is 13.1. The number of methoxy groups -OCH3 is 1. The molecule has 0 radical (unpaired) electrons. The summed E-state index contributed by atoms with van der Waals surface area (Å²) in [7, 11) is 1.61. The SMILES string of the molecule is COc1cccc(Cn2c(=O)n(-c3ccccc3C)c(=O)c3sccc32)c1. The smallest absolute Gasteiger partial charge is 0.336 e. The number of hydrogen-bond donors (Lipinski definition) is 0. The van der Waals surface area contributed by atoms with Crippen LogP contribution in [-0.2, 0) is 6.54 Å². The van der Waals surface area contributed by atoms with E-state index in [9.17, 15) is 9.59 Å². The Morgan fingerprint density at radius 3 is 2.63 bits per heavy atom. The van der Waals surface area contributed by atoms with Crippen LogP contribution >= 0.6 is 11.3 Å². The number of aryl methyl sites for hydroxylation is 1. The van der Waals surface area contributed by atoms with Crippen LogP contribution < -0.4 is 16.0 Å². The molecule has 0 N–H and O–H groups in total. The largest absolute Gasteiger partial charge is 0.497 e. The van der Waals surface area contributed by atoms with E-state index in [-0.39, 0.29) is 11.2 Å². The third-order valence-corrected chi connectivity index (χ3v) is 5.48. The van der Waals surface area contributed by atoms with Crippen LogP contribution in [-0.4, -0.2) is 16.2 Å². The molecule has 0 spiro atoms. The minimum absolute atomic E-state index is 0.277. The van der Waals surface area contributed by atoms with Gasteiger partial charge in [0.2, 0.25) is 0 Å². The molecule has 0 saturated heterocycles. The lowest BCUT2D eigenvalue weighted by molar-refractivity contribution is 0.414. The van der Waals surface area contributed by atoms with Crippen LogP contribution in [0.15, 0.2) is 69.6 Å². The van der Waals surface area contributed by atoms with Crippen LogP contribution in [0.3, 0.4) is 0 Å². The predicted octanol–water partition coefficient (Wildman–Crippen LogP) is 3.58. The minimum Gasteiger partial charge on any atom is -0.497 e. The van der Waals surface area contributed by atoms with Gasteiger partial charge < -0.3 is 4.74 Å². The van der Waals surface area contributed by atoms with Crippen molar-refractivity contribution in [3.63, 3.8) is 0 Å². The summed E-state index contributed by atoms with van der Waals surface area (Å²) in [5.74, 6) is 0.731. The highest BCUT2D eigenvalue weighted by atomic mass is 32.1. The van der Waals surface area contributed by atoms with Crippen molar-refractivity contribution in [2.75, 3.05) is 7.11 Å². The molecule has 0 atom stereocenters. The van der Waals surface area contributed by atoms with Gasteiger partial charge in [0.1, 0.15) is 10.4 Å². The second kappa shape index (κ2) is 6.89. The molecule has 136 valence electrons. The topological polar surface area (TPSA) is 53.2 Å². The van der Waals surface area contributed by atoms with Gasteiger partial charge in [-0.1, -0.05) is 30.3 Å². The van der Waals surface area contributed by atoms with Crippen LogP contribution in [0.5, 0.6) is 5.75 Å². The fourth-order valence-corrected chi connectivity index (χ4v) is 4.04. The molecular weight excluding hydrogens is 360 g/mol. The van der Waals surface area contributed by atoms with E-state index in [0.717, 1.165) is 16.9 Å². The minimum atomic E-state index is -0.344. The molecule has 4 aromatic rings. The van der Waals surface area contributed by atoms with Gasteiger partial charge in [-0.05, 0) is 47.7 Å². The maximum atomic E-state index is 13.3. The van der Waals surface area contributed by atoms with E-state index in [1.54, 1.807) is 17.7 Å². The first-order valence-corrected chi connectivity index (χ1v) is 9.40. The number of nitrogens with zero attached hydrogens (tertiary/aromatic N) is 2. The molecule has 2 aromatic heterocycles. The number of fused-ring (bicyclic) bond motifs is 1. The van der Waals surface area contributed by atoms with Crippen LogP contribution in [0.2, 0.25) is 0 Å². The maximum Gasteiger partial charge on any atom is 0.336 e. The molecule has 6 heteroatoms. The highest BCUT2D eigenvalue weighted by Crippen LogP contribution is 2.20. The van der Waals surface area contributed by atoms with Crippen molar-refractivity contribution in [3.8, 4) is 11.4 Å². The molecule has 5 nitrogen and oxygen atoms in total. The zero-order valence-corrected chi connectivity index (χ0v) is 15.8. The van der Waals surface area contributed by atoms with Gasteiger partial charge >= 0.3 is 5.69 Å². The van der Waals surface area contributed by atoms with Crippen molar-refractivity contribution in [2.45, 2.75) is 13.5 Å². The van der Waals surface area contributed by atoms with Gasteiger partial charge in [-0.15, -0.1) is 11.3 Å². The summed E-state index contributed by atoms with van der Waals surface area (Å²) in [4.78, 5) is 26.3. The summed E-state index contributed by atoms with van der Waals surface area (Å²) in [6.45, 7) is 2.25. The van der Waals surface area contributed by atoms with E-state index in [2.05, 4.69) is 0 Å². The summed E-state index contributed by atoms with van der Waals surface area (Å²) < 4.78 is 8.77. The Kier molecular flexibility index (Phi) is 4.41. The fraction of sp³-hybridized carbons (Fsp3) is 0.143. The van der Waals surface area contributed by atoms with Crippen LogP contribution in [0, 0.1) is 6.92 Å². The zero-order chi connectivity index (χ0) is 19.0. The number of benzene rings is 2. The van der Waals surface area contributed by atoms with Crippen molar-refractivity contribution in [2.24, 2.45) is 0 Å². The molecule has 0 fully saturated rings. The molecular formula is C21H18N2O3S. The van der Waals surface area contributed by atoms with Gasteiger partial charge in [0.15, 0.2) is 0 Å². The molecule has 0 aliphatic rings. The lowest BCUT2D eigenvalue weighted by Crippen LogP contribution is -2.39. The van der Waals surface area contributed by atoms with Crippen LogP contribution in [0.25, 0.3) is 15.9 Å². The van der Waals surface area contributed by atoms with E-state index in [1.807, 2.05) is 60.8 Å². The van der Waals surface area contributed by atoms with Crippen LogP contribution in [0.1, 0.15) is 11.1 Å². The Bertz CT molecular complexity index is 1250. The van der Waals surface area contributed by atoms with Crippen LogP contribution in [0.4, 0.5) is 0 Å². The number of rotatable bonds is 4. The van der Waals surface area contributed by atoms with Crippen molar-refractivity contribution in [3.05, 3.63) is 91.9 Å². The number of aromatic nitrogens is 2. The monoisotopic (exact) mass is 378 g/mol.